The molecular weight excluding hydrogens is 488 g/mol. The molecular formula is C26H27F6NO3. The molecule has 2 aliphatic heterocycles. The molecule has 4 nitrogen and oxygen atoms in total. The summed E-state index contributed by atoms with van der Waals surface area (Å²) in [5.74, 6) is -1.12. The summed E-state index contributed by atoms with van der Waals surface area (Å²) in [4.78, 5) is 13.4. The Bertz CT molecular complexity index is 1030. The van der Waals surface area contributed by atoms with E-state index < -0.39 is 41.5 Å². The van der Waals surface area contributed by atoms with Gasteiger partial charge in [0.15, 0.2) is 0 Å². The number of carboxylic acids is 1. The van der Waals surface area contributed by atoms with Crippen molar-refractivity contribution >= 4 is 5.97 Å². The largest absolute Gasteiger partial charge is 0.481 e. The van der Waals surface area contributed by atoms with Crippen LogP contribution in [0.2, 0.25) is 0 Å². The van der Waals surface area contributed by atoms with Crippen molar-refractivity contribution in [3.05, 3.63) is 70.8 Å². The van der Waals surface area contributed by atoms with Crippen molar-refractivity contribution in [2.45, 2.75) is 62.6 Å². The van der Waals surface area contributed by atoms with Crippen LogP contribution in [0.5, 0.6) is 0 Å². The van der Waals surface area contributed by atoms with E-state index in [2.05, 4.69) is 4.90 Å². The highest BCUT2D eigenvalue weighted by Gasteiger charge is 2.41. The first-order valence-electron chi connectivity index (χ1n) is 11.9. The Hall–Kier alpha value is -2.59. The van der Waals surface area contributed by atoms with E-state index in [1.165, 1.54) is 24.3 Å². The van der Waals surface area contributed by atoms with Gasteiger partial charge in [0.2, 0.25) is 0 Å². The molecule has 196 valence electrons. The topological polar surface area (TPSA) is 49.8 Å². The van der Waals surface area contributed by atoms with Crippen molar-refractivity contribution in [2.75, 3.05) is 13.2 Å². The molecule has 2 aliphatic rings. The number of alkyl halides is 6. The lowest BCUT2D eigenvalue weighted by Crippen LogP contribution is -2.44. The molecule has 0 unspecified atom stereocenters. The number of hydrogen-bond acceptors (Lipinski definition) is 3. The monoisotopic (exact) mass is 515 g/mol. The third-order valence-electron chi connectivity index (χ3n) is 7.09. The van der Waals surface area contributed by atoms with Gasteiger partial charge in [-0.3, -0.25) is 9.69 Å². The molecule has 0 saturated carbocycles. The third-order valence-corrected chi connectivity index (χ3v) is 7.09. The SMILES string of the molecule is O=C(O)C[C@@H]1CCN([C@@H](c2ccc(C(F)(F)F)cc2)[C@@H]2CCCO2)[C@H](c2ccc(C(F)(F)F)cc2)C1. The average Bonchev–Trinajstić information content (AvgIpc) is 3.33. The Kier molecular flexibility index (Phi) is 7.66. The summed E-state index contributed by atoms with van der Waals surface area (Å²) < 4.78 is 84.9. The van der Waals surface area contributed by atoms with Crippen molar-refractivity contribution in [2.24, 2.45) is 5.92 Å². The zero-order valence-corrected chi connectivity index (χ0v) is 19.4. The Morgan fingerprint density at radius 3 is 2.03 bits per heavy atom. The van der Waals surface area contributed by atoms with Crippen molar-refractivity contribution in [3.63, 3.8) is 0 Å². The van der Waals surface area contributed by atoms with Crippen LogP contribution in [0.4, 0.5) is 26.3 Å². The first-order chi connectivity index (χ1) is 16.9. The first kappa shape index (κ1) is 26.5. The van der Waals surface area contributed by atoms with Gasteiger partial charge in [0.25, 0.3) is 0 Å². The average molecular weight is 515 g/mol. The summed E-state index contributed by atoms with van der Waals surface area (Å²) in [5, 5.41) is 9.32. The predicted molar refractivity (Wildman–Crippen MR) is 119 cm³/mol. The van der Waals surface area contributed by atoms with Crippen LogP contribution in [0.15, 0.2) is 48.5 Å². The highest BCUT2D eigenvalue weighted by molar-refractivity contribution is 5.67. The number of nitrogens with zero attached hydrogens (tertiary/aromatic N) is 1. The van der Waals surface area contributed by atoms with E-state index >= 15 is 0 Å². The molecule has 0 bridgehead atoms. The molecule has 2 aromatic rings. The second-order valence-electron chi connectivity index (χ2n) is 9.48. The number of carbonyl (C=O) groups is 1. The maximum atomic E-state index is 13.2. The minimum Gasteiger partial charge on any atom is -0.481 e. The van der Waals surface area contributed by atoms with Gasteiger partial charge in [-0.2, -0.15) is 26.3 Å². The number of halogens is 6. The molecule has 2 heterocycles. The summed E-state index contributed by atoms with van der Waals surface area (Å²) >= 11 is 0. The highest BCUT2D eigenvalue weighted by Crippen LogP contribution is 2.45. The van der Waals surface area contributed by atoms with E-state index in [1.807, 2.05) is 0 Å². The molecule has 36 heavy (non-hydrogen) atoms. The predicted octanol–water partition coefficient (Wildman–Crippen LogP) is 6.87. The maximum Gasteiger partial charge on any atom is 0.416 e. The van der Waals surface area contributed by atoms with E-state index in [0.717, 1.165) is 30.7 Å². The number of likely N-dealkylation sites (tertiary alicyclic amines) is 1. The van der Waals surface area contributed by atoms with Crippen LogP contribution in [-0.2, 0) is 21.9 Å². The molecule has 2 fully saturated rings. The zero-order valence-electron chi connectivity index (χ0n) is 19.4. The van der Waals surface area contributed by atoms with Gasteiger partial charge < -0.3 is 9.84 Å². The smallest absolute Gasteiger partial charge is 0.416 e. The molecule has 0 aromatic heterocycles. The van der Waals surface area contributed by atoms with Gasteiger partial charge in [-0.15, -0.1) is 0 Å². The summed E-state index contributed by atoms with van der Waals surface area (Å²) in [6.45, 7) is 0.956. The standard InChI is InChI=1S/C26H27F6NO3/c27-25(28,29)19-7-3-17(4-8-19)21-14-16(15-23(34)35)11-12-33(21)24(22-2-1-13-36-22)18-5-9-20(10-6-18)26(30,31)32/h3-10,16,21-22,24H,1-2,11-15H2,(H,34,35)/t16-,21+,22+,24+/m1/s1. The number of benzene rings is 2. The van der Waals surface area contributed by atoms with E-state index in [4.69, 9.17) is 4.74 Å². The minimum absolute atomic E-state index is 0.0597. The molecule has 1 N–H and O–H groups in total. The van der Waals surface area contributed by atoms with Gasteiger partial charge in [0.05, 0.1) is 23.3 Å². The molecule has 10 heteroatoms. The van der Waals surface area contributed by atoms with Gasteiger partial charge in [-0.05, 0) is 73.5 Å². The van der Waals surface area contributed by atoms with Crippen LogP contribution in [0, 0.1) is 5.92 Å². The fraction of sp³-hybridized carbons (Fsp3) is 0.500. The molecule has 0 spiro atoms. The van der Waals surface area contributed by atoms with Gasteiger partial charge in [-0.1, -0.05) is 24.3 Å². The minimum atomic E-state index is -4.49. The number of ether oxygens (including phenoxy) is 1. The van der Waals surface area contributed by atoms with Gasteiger partial charge in [0.1, 0.15) is 0 Å². The molecule has 0 radical (unpaired) electrons. The van der Waals surface area contributed by atoms with E-state index in [0.29, 0.717) is 43.5 Å². The van der Waals surface area contributed by atoms with Crippen molar-refractivity contribution in [1.29, 1.82) is 0 Å². The van der Waals surface area contributed by atoms with Crippen LogP contribution >= 0.6 is 0 Å². The van der Waals surface area contributed by atoms with Crippen LogP contribution in [0.3, 0.4) is 0 Å². The fourth-order valence-corrected chi connectivity index (χ4v) is 5.38. The summed E-state index contributed by atoms with van der Waals surface area (Å²) in [5.41, 5.74) is -0.317. The quantitative estimate of drug-likeness (QED) is 0.427. The second-order valence-corrected chi connectivity index (χ2v) is 9.48. The number of carboxylic acid groups (broad SMARTS) is 1. The Labute approximate surface area is 204 Å². The third kappa shape index (κ3) is 6.03. The van der Waals surface area contributed by atoms with E-state index in [9.17, 15) is 36.2 Å². The Morgan fingerprint density at radius 1 is 0.944 bits per heavy atom. The highest BCUT2D eigenvalue weighted by atomic mass is 19.4. The lowest BCUT2D eigenvalue weighted by molar-refractivity contribution is -0.139. The summed E-state index contributed by atoms with van der Waals surface area (Å²) in [6.07, 6.45) is -6.88. The summed E-state index contributed by atoms with van der Waals surface area (Å²) in [7, 11) is 0. The van der Waals surface area contributed by atoms with Crippen molar-refractivity contribution in [1.82, 2.24) is 4.90 Å². The number of hydrogen-bond donors (Lipinski definition) is 1. The number of rotatable bonds is 6. The van der Waals surface area contributed by atoms with Crippen LogP contribution < -0.4 is 0 Å². The summed E-state index contributed by atoms with van der Waals surface area (Å²) in [6, 6.07) is 8.91. The van der Waals surface area contributed by atoms with Gasteiger partial charge in [-0.25, -0.2) is 0 Å². The zero-order chi connectivity index (χ0) is 26.1. The van der Waals surface area contributed by atoms with E-state index in [-0.39, 0.29) is 18.4 Å². The van der Waals surface area contributed by atoms with Crippen LogP contribution in [-0.4, -0.2) is 35.2 Å². The normalized spacial score (nSPS) is 24.6. The first-order valence-corrected chi connectivity index (χ1v) is 11.9. The van der Waals surface area contributed by atoms with Gasteiger partial charge in [0, 0.05) is 19.1 Å². The van der Waals surface area contributed by atoms with Crippen LogP contribution in [0.25, 0.3) is 0 Å². The molecule has 0 aliphatic carbocycles. The molecule has 0 amide bonds. The maximum absolute atomic E-state index is 13.2. The van der Waals surface area contributed by atoms with Crippen molar-refractivity contribution in [3.8, 4) is 0 Å². The number of piperidine rings is 1. The Morgan fingerprint density at radius 2 is 1.53 bits per heavy atom. The molecule has 2 aromatic carbocycles. The van der Waals surface area contributed by atoms with Crippen LogP contribution in [0.1, 0.15) is 66.4 Å². The molecule has 2 saturated heterocycles. The fourth-order valence-electron chi connectivity index (χ4n) is 5.38. The van der Waals surface area contributed by atoms with Crippen molar-refractivity contribution < 1.29 is 41.0 Å². The Balaban J connectivity index is 1.71. The number of aliphatic carboxylic acids is 1. The lowest BCUT2D eigenvalue weighted by Gasteiger charge is -2.46. The second kappa shape index (κ2) is 10.4. The van der Waals surface area contributed by atoms with E-state index in [1.54, 1.807) is 0 Å². The molecule has 4 rings (SSSR count). The van der Waals surface area contributed by atoms with Gasteiger partial charge >= 0.3 is 18.3 Å². The molecule has 4 atom stereocenters. The lowest BCUT2D eigenvalue weighted by atomic mass is 9.82.